The highest BCUT2D eigenvalue weighted by Gasteiger charge is 2.12. The topological polar surface area (TPSA) is 74.3 Å². The van der Waals surface area contributed by atoms with Crippen molar-refractivity contribution >= 4 is 22.1 Å². The first-order valence-corrected chi connectivity index (χ1v) is 12.4. The van der Waals surface area contributed by atoms with E-state index in [0.29, 0.717) is 11.6 Å². The summed E-state index contributed by atoms with van der Waals surface area (Å²) in [6, 6.07) is 29.0. The number of rotatable bonds is 4. The number of nitrogens with zero attached hydrogens (tertiary/aromatic N) is 7. The SMILES string of the molecule is Cc1ccc(-n2cnc3cc(-c4ncnc(-c5ccc6c(c5)ncn6-c5ccc(C)cc5)n4)ccc32)cc1. The second-order valence-electron chi connectivity index (χ2n) is 9.44. The van der Waals surface area contributed by atoms with Crippen molar-refractivity contribution in [2.24, 2.45) is 0 Å². The van der Waals surface area contributed by atoms with Crippen molar-refractivity contribution in [3.63, 3.8) is 0 Å². The van der Waals surface area contributed by atoms with E-state index in [9.17, 15) is 0 Å². The predicted octanol–water partition coefficient (Wildman–Crippen LogP) is 6.50. The van der Waals surface area contributed by atoms with Crippen LogP contribution in [0.15, 0.2) is 104 Å². The summed E-state index contributed by atoms with van der Waals surface area (Å²) in [4.78, 5) is 23.0. The lowest BCUT2D eigenvalue weighted by Gasteiger charge is -2.07. The van der Waals surface area contributed by atoms with Gasteiger partial charge in [-0.3, -0.25) is 9.13 Å². The molecule has 0 spiro atoms. The van der Waals surface area contributed by atoms with Crippen LogP contribution in [0.4, 0.5) is 0 Å². The number of aryl methyl sites for hydroxylation is 2. The Balaban J connectivity index is 1.22. The molecule has 3 heterocycles. The van der Waals surface area contributed by atoms with Crippen molar-refractivity contribution in [3.05, 3.63) is 115 Å². The molecule has 0 saturated carbocycles. The Hall–Kier alpha value is -5.17. The maximum Gasteiger partial charge on any atom is 0.163 e. The quantitative estimate of drug-likeness (QED) is 0.280. The first-order valence-electron chi connectivity index (χ1n) is 12.4. The molecular weight excluding hydrogens is 470 g/mol. The highest BCUT2D eigenvalue weighted by molar-refractivity contribution is 5.84. The fraction of sp³-hybridized carbons (Fsp3) is 0.0645. The average molecular weight is 494 g/mol. The fourth-order valence-electron chi connectivity index (χ4n) is 4.70. The minimum absolute atomic E-state index is 0.604. The van der Waals surface area contributed by atoms with Crippen LogP contribution >= 0.6 is 0 Å². The molecular formula is C31H23N7. The minimum atomic E-state index is 0.604. The molecule has 0 fully saturated rings. The van der Waals surface area contributed by atoms with Gasteiger partial charge in [-0.2, -0.15) is 0 Å². The molecule has 7 rings (SSSR count). The average Bonchev–Trinajstić information content (AvgIpc) is 3.58. The lowest BCUT2D eigenvalue weighted by Crippen LogP contribution is -1.96. The zero-order chi connectivity index (χ0) is 25.6. The molecule has 3 aromatic heterocycles. The zero-order valence-corrected chi connectivity index (χ0v) is 20.9. The third kappa shape index (κ3) is 3.81. The number of imidazole rings is 2. The number of hydrogen-bond donors (Lipinski definition) is 0. The summed E-state index contributed by atoms with van der Waals surface area (Å²) in [6.07, 6.45) is 5.26. The van der Waals surface area contributed by atoms with Crippen LogP contribution < -0.4 is 0 Å². The van der Waals surface area contributed by atoms with Gasteiger partial charge in [-0.25, -0.2) is 24.9 Å². The highest BCUT2D eigenvalue weighted by atomic mass is 15.1. The monoisotopic (exact) mass is 493 g/mol. The lowest BCUT2D eigenvalue weighted by molar-refractivity contribution is 1.07. The van der Waals surface area contributed by atoms with Gasteiger partial charge >= 0.3 is 0 Å². The molecule has 0 N–H and O–H groups in total. The molecule has 4 aromatic carbocycles. The predicted molar refractivity (Wildman–Crippen MR) is 149 cm³/mol. The van der Waals surface area contributed by atoms with Gasteiger partial charge < -0.3 is 0 Å². The molecule has 182 valence electrons. The normalized spacial score (nSPS) is 11.4. The Kier molecular flexibility index (Phi) is 5.07. The van der Waals surface area contributed by atoms with Crippen molar-refractivity contribution in [2.45, 2.75) is 13.8 Å². The van der Waals surface area contributed by atoms with Gasteiger partial charge in [-0.15, -0.1) is 0 Å². The summed E-state index contributed by atoms with van der Waals surface area (Å²) in [7, 11) is 0. The van der Waals surface area contributed by atoms with E-state index >= 15 is 0 Å². The molecule has 0 aliphatic carbocycles. The Labute approximate surface area is 219 Å². The van der Waals surface area contributed by atoms with Gasteiger partial charge in [0.05, 0.1) is 22.1 Å². The molecule has 0 aliphatic rings. The zero-order valence-electron chi connectivity index (χ0n) is 20.9. The Bertz CT molecular complexity index is 1790. The third-order valence-corrected chi connectivity index (χ3v) is 6.81. The van der Waals surface area contributed by atoms with Crippen LogP contribution in [0.25, 0.3) is 56.2 Å². The number of hydrogen-bond acceptors (Lipinski definition) is 5. The molecule has 0 aliphatic heterocycles. The van der Waals surface area contributed by atoms with Gasteiger partial charge in [-0.1, -0.05) is 35.4 Å². The van der Waals surface area contributed by atoms with E-state index in [2.05, 4.69) is 104 Å². The van der Waals surface area contributed by atoms with Crippen LogP contribution in [0.2, 0.25) is 0 Å². The maximum atomic E-state index is 4.78. The molecule has 0 saturated heterocycles. The molecule has 0 atom stereocenters. The Morgan fingerprint density at radius 3 is 1.39 bits per heavy atom. The van der Waals surface area contributed by atoms with E-state index < -0.39 is 0 Å². The Morgan fingerprint density at radius 2 is 0.947 bits per heavy atom. The smallest absolute Gasteiger partial charge is 0.163 e. The van der Waals surface area contributed by atoms with Crippen molar-refractivity contribution in [1.82, 2.24) is 34.1 Å². The summed E-state index contributed by atoms with van der Waals surface area (Å²) < 4.78 is 4.17. The van der Waals surface area contributed by atoms with E-state index in [-0.39, 0.29) is 0 Å². The molecule has 0 amide bonds. The minimum Gasteiger partial charge on any atom is -0.299 e. The van der Waals surface area contributed by atoms with Crippen LogP contribution in [-0.2, 0) is 0 Å². The molecule has 7 aromatic rings. The Morgan fingerprint density at radius 1 is 0.500 bits per heavy atom. The second-order valence-corrected chi connectivity index (χ2v) is 9.44. The third-order valence-electron chi connectivity index (χ3n) is 6.81. The van der Waals surface area contributed by atoms with E-state index in [1.165, 1.54) is 11.1 Å². The summed E-state index contributed by atoms with van der Waals surface area (Å²) in [5.41, 5.74) is 10.2. The van der Waals surface area contributed by atoms with Gasteiger partial charge in [0.15, 0.2) is 11.6 Å². The van der Waals surface area contributed by atoms with E-state index in [0.717, 1.165) is 44.6 Å². The van der Waals surface area contributed by atoms with Crippen molar-refractivity contribution < 1.29 is 0 Å². The molecule has 7 heteroatoms. The molecule has 0 radical (unpaired) electrons. The molecule has 0 unspecified atom stereocenters. The summed E-state index contributed by atoms with van der Waals surface area (Å²) in [5, 5.41) is 0. The van der Waals surface area contributed by atoms with E-state index in [1.54, 1.807) is 6.33 Å². The van der Waals surface area contributed by atoms with E-state index in [1.807, 2.05) is 36.9 Å². The van der Waals surface area contributed by atoms with Gasteiger partial charge in [0.25, 0.3) is 0 Å². The number of benzene rings is 4. The first-order chi connectivity index (χ1) is 18.6. The number of aromatic nitrogens is 7. The first kappa shape index (κ1) is 22.1. The van der Waals surface area contributed by atoms with Crippen molar-refractivity contribution in [1.29, 1.82) is 0 Å². The standard InChI is InChI=1S/C31H23N7/c1-20-3-9-24(10-4-20)37-18-34-26-15-22(7-13-28(26)37)30-32-17-33-31(36-30)23-8-14-29-27(16-23)35-19-38(29)25-11-5-21(2)6-12-25/h3-19H,1-2H3. The highest BCUT2D eigenvalue weighted by Crippen LogP contribution is 2.27. The van der Waals surface area contributed by atoms with Crippen LogP contribution in [0.3, 0.4) is 0 Å². The molecule has 38 heavy (non-hydrogen) atoms. The van der Waals surface area contributed by atoms with Crippen molar-refractivity contribution in [2.75, 3.05) is 0 Å². The van der Waals surface area contributed by atoms with Gasteiger partial charge in [0.1, 0.15) is 19.0 Å². The van der Waals surface area contributed by atoms with Crippen LogP contribution in [0.5, 0.6) is 0 Å². The van der Waals surface area contributed by atoms with E-state index in [4.69, 9.17) is 4.98 Å². The van der Waals surface area contributed by atoms with Crippen LogP contribution in [-0.4, -0.2) is 34.1 Å². The largest absolute Gasteiger partial charge is 0.299 e. The fourth-order valence-corrected chi connectivity index (χ4v) is 4.70. The summed E-state index contributed by atoms with van der Waals surface area (Å²) in [5.74, 6) is 1.21. The summed E-state index contributed by atoms with van der Waals surface area (Å²) >= 11 is 0. The van der Waals surface area contributed by atoms with Crippen LogP contribution in [0, 0.1) is 13.8 Å². The summed E-state index contributed by atoms with van der Waals surface area (Å²) in [6.45, 7) is 4.17. The second kappa shape index (κ2) is 8.74. The molecule has 0 bridgehead atoms. The van der Waals surface area contributed by atoms with Crippen LogP contribution in [0.1, 0.15) is 11.1 Å². The lowest BCUT2D eigenvalue weighted by atomic mass is 10.1. The number of fused-ring (bicyclic) bond motifs is 2. The van der Waals surface area contributed by atoms with Gasteiger partial charge in [-0.05, 0) is 74.5 Å². The van der Waals surface area contributed by atoms with Gasteiger partial charge in [0, 0.05) is 22.5 Å². The maximum absolute atomic E-state index is 4.78. The van der Waals surface area contributed by atoms with Gasteiger partial charge in [0.2, 0.25) is 0 Å². The van der Waals surface area contributed by atoms with Crippen molar-refractivity contribution in [3.8, 4) is 34.2 Å². The molecule has 7 nitrogen and oxygen atoms in total.